The lowest BCUT2D eigenvalue weighted by Gasteiger charge is -2.15. The summed E-state index contributed by atoms with van der Waals surface area (Å²) < 4.78 is 1.71. The van der Waals surface area contributed by atoms with E-state index in [9.17, 15) is 9.59 Å². The average Bonchev–Trinajstić information content (AvgIpc) is 3.42. The number of nitrogens with zero attached hydrogens (tertiary/aromatic N) is 4. The fourth-order valence-electron chi connectivity index (χ4n) is 3.61. The minimum atomic E-state index is -0.777. The minimum absolute atomic E-state index is 0.0405. The maximum Gasteiger partial charge on any atom is 0.274 e. The van der Waals surface area contributed by atoms with Crippen LogP contribution < -0.4 is 10.6 Å². The van der Waals surface area contributed by atoms with Crippen LogP contribution in [-0.4, -0.2) is 44.4 Å². The second-order valence-electron chi connectivity index (χ2n) is 8.32. The third-order valence-corrected chi connectivity index (χ3v) is 6.23. The van der Waals surface area contributed by atoms with E-state index < -0.39 is 12.0 Å². The maximum absolute atomic E-state index is 13.4. The summed E-state index contributed by atoms with van der Waals surface area (Å²) >= 11 is 21.9. The number of anilines is 1. The van der Waals surface area contributed by atoms with Gasteiger partial charge in [-0.3, -0.25) is 9.59 Å². The van der Waals surface area contributed by atoms with E-state index in [0.717, 1.165) is 0 Å². The van der Waals surface area contributed by atoms with E-state index in [2.05, 4.69) is 41.8 Å². The van der Waals surface area contributed by atoms with Crippen molar-refractivity contribution in [2.75, 3.05) is 5.32 Å². The van der Waals surface area contributed by atoms with E-state index in [-0.39, 0.29) is 34.9 Å². The highest BCUT2D eigenvalue weighted by atomic mass is 79.9. The van der Waals surface area contributed by atoms with E-state index >= 15 is 0 Å². The highest BCUT2D eigenvalue weighted by Crippen LogP contribution is 2.31. The van der Waals surface area contributed by atoms with Gasteiger partial charge in [0.25, 0.3) is 11.8 Å². The topological polar surface area (TPSA) is 110 Å². The number of oxime groups is 1. The molecule has 1 atom stereocenters. The fourth-order valence-corrected chi connectivity index (χ4v) is 4.72. The minimum Gasteiger partial charge on any atom is -0.382 e. The van der Waals surface area contributed by atoms with Crippen molar-refractivity contribution in [1.29, 1.82) is 0 Å². The number of hydrogen-bond donors (Lipinski definition) is 2. The summed E-state index contributed by atoms with van der Waals surface area (Å²) in [6.07, 6.45) is 0.848. The molecule has 13 heteroatoms. The van der Waals surface area contributed by atoms with E-state index in [4.69, 9.17) is 39.6 Å². The van der Waals surface area contributed by atoms with Crippen LogP contribution in [0.5, 0.6) is 0 Å². The molecule has 0 fully saturated rings. The zero-order chi connectivity index (χ0) is 26.1. The average molecular weight is 615 g/mol. The molecule has 0 saturated carbocycles. The number of aryl methyl sites for hydroxylation is 1. The number of rotatable bonds is 6. The zero-order valence-electron chi connectivity index (χ0n) is 19.3. The second-order valence-corrected chi connectivity index (χ2v) is 10.4. The van der Waals surface area contributed by atoms with Gasteiger partial charge in [0.15, 0.2) is 5.82 Å². The van der Waals surface area contributed by atoms with Gasteiger partial charge in [0.2, 0.25) is 6.10 Å². The zero-order valence-corrected chi connectivity index (χ0v) is 23.1. The van der Waals surface area contributed by atoms with Gasteiger partial charge < -0.3 is 15.5 Å². The van der Waals surface area contributed by atoms with Crippen molar-refractivity contribution < 1.29 is 14.4 Å². The molecule has 0 aliphatic carbocycles. The molecule has 2 amide bonds. The van der Waals surface area contributed by atoms with Crippen LogP contribution in [0.1, 0.15) is 41.9 Å². The lowest BCUT2D eigenvalue weighted by molar-refractivity contribution is -0.131. The lowest BCUT2D eigenvalue weighted by Crippen LogP contribution is -2.38. The first kappa shape index (κ1) is 26.4. The molecule has 36 heavy (non-hydrogen) atoms. The maximum atomic E-state index is 13.4. The Morgan fingerprint density at radius 1 is 1.17 bits per heavy atom. The highest BCUT2D eigenvalue weighted by molar-refractivity contribution is 9.10. The van der Waals surface area contributed by atoms with Crippen LogP contribution in [0, 0.1) is 6.92 Å². The van der Waals surface area contributed by atoms with Crippen LogP contribution in [0.15, 0.2) is 40.2 Å². The van der Waals surface area contributed by atoms with Crippen molar-refractivity contribution in [3.05, 3.63) is 67.0 Å². The van der Waals surface area contributed by atoms with Gasteiger partial charge in [0, 0.05) is 35.3 Å². The Balaban J connectivity index is 1.66. The number of halogens is 4. The van der Waals surface area contributed by atoms with Crippen molar-refractivity contribution in [2.24, 2.45) is 5.16 Å². The Morgan fingerprint density at radius 2 is 1.92 bits per heavy atom. The van der Waals surface area contributed by atoms with Crippen LogP contribution in [-0.2, 0) is 9.63 Å². The Morgan fingerprint density at radius 3 is 2.61 bits per heavy atom. The van der Waals surface area contributed by atoms with Crippen molar-refractivity contribution in [3.63, 3.8) is 0 Å². The molecule has 0 bridgehead atoms. The smallest absolute Gasteiger partial charge is 0.274 e. The predicted molar refractivity (Wildman–Crippen MR) is 143 cm³/mol. The molecule has 9 nitrogen and oxygen atoms in total. The molecule has 3 heterocycles. The molecule has 0 radical (unpaired) electrons. The Kier molecular flexibility index (Phi) is 7.89. The largest absolute Gasteiger partial charge is 0.382 e. The van der Waals surface area contributed by atoms with Crippen molar-refractivity contribution in [2.45, 2.75) is 39.3 Å². The standard InChI is InChI=1S/C23H20BrCl3N6O3/c1-10(2)29-23(35)18-7-16(32-36-18)14-5-12(25)4-11(3)20(14)30-22(34)17-8-19(24)31-33(17)21-15(27)6-13(26)9-28-21/h4-6,8-10,18H,7H2,1-3H3,(H,29,35)(H,30,34). The predicted octanol–water partition coefficient (Wildman–Crippen LogP) is 5.57. The molecule has 0 spiro atoms. The second kappa shape index (κ2) is 10.8. The first-order valence-corrected chi connectivity index (χ1v) is 12.7. The number of nitrogens with one attached hydrogen (secondary N) is 2. The molecule has 2 N–H and O–H groups in total. The third kappa shape index (κ3) is 5.67. The van der Waals surface area contributed by atoms with Gasteiger partial charge in [-0.2, -0.15) is 5.10 Å². The Bertz CT molecular complexity index is 1390. The van der Waals surface area contributed by atoms with Crippen LogP contribution in [0.4, 0.5) is 5.69 Å². The van der Waals surface area contributed by atoms with Gasteiger partial charge in [-0.05, 0) is 60.5 Å². The summed E-state index contributed by atoms with van der Waals surface area (Å²) in [6.45, 7) is 5.52. The molecule has 1 aliphatic heterocycles. The monoisotopic (exact) mass is 612 g/mol. The molecule has 188 valence electrons. The molecule has 4 rings (SSSR count). The lowest BCUT2D eigenvalue weighted by atomic mass is 9.99. The van der Waals surface area contributed by atoms with Crippen LogP contribution >= 0.6 is 50.7 Å². The molecule has 1 aromatic carbocycles. The first-order valence-electron chi connectivity index (χ1n) is 10.8. The molecule has 2 aromatic heterocycles. The van der Waals surface area contributed by atoms with Crippen molar-refractivity contribution in [1.82, 2.24) is 20.1 Å². The fraction of sp³-hybridized carbons (Fsp3) is 0.261. The normalized spacial score (nSPS) is 15.0. The van der Waals surface area contributed by atoms with Gasteiger partial charge in [-0.15, -0.1) is 0 Å². The molecule has 0 saturated heterocycles. The summed E-state index contributed by atoms with van der Waals surface area (Å²) in [6, 6.07) is 6.38. The SMILES string of the molecule is Cc1cc(Cl)cc(C2=NOC(C(=O)NC(C)C)C2)c1NC(=O)c1cc(Br)nn1-c1ncc(Cl)cc1Cl. The Hall–Kier alpha value is -2.66. The molecular formula is C23H20BrCl3N6O3. The number of amides is 2. The van der Waals surface area contributed by atoms with Gasteiger partial charge >= 0.3 is 0 Å². The van der Waals surface area contributed by atoms with Crippen molar-refractivity contribution in [3.8, 4) is 5.82 Å². The van der Waals surface area contributed by atoms with Gasteiger partial charge in [-0.1, -0.05) is 40.0 Å². The molecule has 3 aromatic rings. The van der Waals surface area contributed by atoms with E-state index in [1.54, 1.807) is 19.1 Å². The number of hydrogen-bond acceptors (Lipinski definition) is 6. The van der Waals surface area contributed by atoms with Gasteiger partial charge in [0.1, 0.15) is 10.3 Å². The first-order chi connectivity index (χ1) is 17.0. The van der Waals surface area contributed by atoms with Crippen LogP contribution in [0.25, 0.3) is 5.82 Å². The number of pyridine rings is 1. The summed E-state index contributed by atoms with van der Waals surface area (Å²) in [5, 5.41) is 15.1. The number of carbonyl (C=O) groups excluding carboxylic acids is 2. The summed E-state index contributed by atoms with van der Waals surface area (Å²) in [7, 11) is 0. The van der Waals surface area contributed by atoms with Gasteiger partial charge in [-0.25, -0.2) is 9.67 Å². The number of benzene rings is 1. The molecule has 1 aliphatic rings. The summed E-state index contributed by atoms with van der Waals surface area (Å²) in [5.41, 5.74) is 2.35. The quantitative estimate of drug-likeness (QED) is 0.377. The van der Waals surface area contributed by atoms with Crippen LogP contribution in [0.3, 0.4) is 0 Å². The molecular weight excluding hydrogens is 595 g/mol. The van der Waals surface area contributed by atoms with Crippen molar-refractivity contribution >= 4 is 73.9 Å². The highest BCUT2D eigenvalue weighted by Gasteiger charge is 2.31. The summed E-state index contributed by atoms with van der Waals surface area (Å²) in [4.78, 5) is 35.4. The van der Waals surface area contributed by atoms with E-state index in [1.165, 1.54) is 23.0 Å². The molecule has 1 unspecified atom stereocenters. The number of carbonyl (C=O) groups is 2. The van der Waals surface area contributed by atoms with Crippen LogP contribution in [0.2, 0.25) is 15.1 Å². The van der Waals surface area contributed by atoms with E-state index in [1.807, 2.05) is 13.8 Å². The van der Waals surface area contributed by atoms with E-state index in [0.29, 0.717) is 37.2 Å². The third-order valence-electron chi connectivity index (χ3n) is 5.14. The van der Waals surface area contributed by atoms with Gasteiger partial charge in [0.05, 0.1) is 21.4 Å². The Labute approximate surface area is 230 Å². The summed E-state index contributed by atoms with van der Waals surface area (Å²) in [5.74, 6) is -0.520. The number of aromatic nitrogens is 3.